The average molecular weight is 305 g/mol. The fraction of sp³-hybridized carbons (Fsp3) is 0.765. The van der Waals surface area contributed by atoms with Gasteiger partial charge in [-0.25, -0.2) is 4.98 Å². The number of rotatable bonds is 5. The van der Waals surface area contributed by atoms with E-state index in [0.29, 0.717) is 13.0 Å². The maximum atomic E-state index is 12.8. The average Bonchev–Trinajstić information content (AvgIpc) is 3.02. The number of amides is 1. The molecule has 122 valence electrons. The number of fused-ring (bicyclic) bond motifs is 2. The minimum Gasteiger partial charge on any atom is -0.382 e. The van der Waals surface area contributed by atoms with Gasteiger partial charge in [0.05, 0.1) is 17.6 Å². The lowest BCUT2D eigenvalue weighted by molar-refractivity contribution is -0.141. The largest absolute Gasteiger partial charge is 0.382 e. The van der Waals surface area contributed by atoms with Crippen molar-refractivity contribution in [2.45, 2.75) is 63.8 Å². The third kappa shape index (κ3) is 2.78. The molecule has 3 rings (SSSR count). The van der Waals surface area contributed by atoms with Crippen LogP contribution in [0.25, 0.3) is 0 Å². The lowest BCUT2D eigenvalue weighted by Gasteiger charge is -2.48. The summed E-state index contributed by atoms with van der Waals surface area (Å²) < 4.78 is 5.36. The highest BCUT2D eigenvalue weighted by Gasteiger charge is 2.46. The third-order valence-electron chi connectivity index (χ3n) is 5.13. The molecular weight excluding hydrogens is 278 g/mol. The van der Waals surface area contributed by atoms with Gasteiger partial charge >= 0.3 is 0 Å². The molecule has 0 unspecified atom stereocenters. The zero-order valence-corrected chi connectivity index (χ0v) is 13.6. The second kappa shape index (κ2) is 6.82. The first-order chi connectivity index (χ1) is 10.8. The Balaban J connectivity index is 1.76. The van der Waals surface area contributed by atoms with Crippen molar-refractivity contribution in [3.8, 4) is 0 Å². The van der Waals surface area contributed by atoms with Crippen molar-refractivity contribution >= 4 is 5.91 Å². The van der Waals surface area contributed by atoms with E-state index < -0.39 is 0 Å². The number of carbonyl (C=O) groups excluding carboxylic acids is 1. The SMILES string of the molecule is CCOCCCC(=O)N1CCc2[nH]cnc2C12CCCCC2. The zero-order valence-electron chi connectivity index (χ0n) is 13.6. The first-order valence-corrected chi connectivity index (χ1v) is 8.69. The van der Waals surface area contributed by atoms with Crippen molar-refractivity contribution in [1.29, 1.82) is 0 Å². The molecule has 1 aliphatic carbocycles. The summed E-state index contributed by atoms with van der Waals surface area (Å²) in [6, 6.07) is 0. The Labute approximate surface area is 132 Å². The molecule has 22 heavy (non-hydrogen) atoms. The summed E-state index contributed by atoms with van der Waals surface area (Å²) in [5, 5.41) is 0. The highest BCUT2D eigenvalue weighted by molar-refractivity contribution is 5.77. The quantitative estimate of drug-likeness (QED) is 0.851. The van der Waals surface area contributed by atoms with Gasteiger partial charge in [0.2, 0.25) is 5.91 Å². The maximum Gasteiger partial charge on any atom is 0.223 e. The predicted molar refractivity (Wildman–Crippen MR) is 84.5 cm³/mol. The number of carbonyl (C=O) groups is 1. The Morgan fingerprint density at radius 1 is 1.41 bits per heavy atom. The minimum absolute atomic E-state index is 0.144. The first kappa shape index (κ1) is 15.5. The second-order valence-corrected chi connectivity index (χ2v) is 6.42. The Morgan fingerprint density at radius 2 is 2.23 bits per heavy atom. The van der Waals surface area contributed by atoms with E-state index in [2.05, 4.69) is 14.9 Å². The standard InChI is InChI=1S/C17H27N3O2/c1-2-22-12-6-7-15(21)20-11-8-14-16(19-13-18-14)17(20)9-4-3-5-10-17/h13H,2-12H2,1H3,(H,18,19). The van der Waals surface area contributed by atoms with Crippen LogP contribution in [0.1, 0.15) is 63.3 Å². The summed E-state index contributed by atoms with van der Waals surface area (Å²) >= 11 is 0. The van der Waals surface area contributed by atoms with Gasteiger partial charge in [-0.15, -0.1) is 0 Å². The number of nitrogens with zero attached hydrogens (tertiary/aromatic N) is 2. The molecule has 5 nitrogen and oxygen atoms in total. The van der Waals surface area contributed by atoms with Crippen LogP contribution in [0, 0.1) is 0 Å². The van der Waals surface area contributed by atoms with Crippen LogP contribution in [0.4, 0.5) is 0 Å². The molecule has 2 heterocycles. The maximum absolute atomic E-state index is 12.8. The topological polar surface area (TPSA) is 58.2 Å². The summed E-state index contributed by atoms with van der Waals surface area (Å²) in [4.78, 5) is 22.8. The second-order valence-electron chi connectivity index (χ2n) is 6.42. The lowest BCUT2D eigenvalue weighted by atomic mass is 9.74. The number of aromatic amines is 1. The van der Waals surface area contributed by atoms with Crippen molar-refractivity contribution in [2.75, 3.05) is 19.8 Å². The zero-order chi connectivity index (χ0) is 15.4. The van der Waals surface area contributed by atoms with Gasteiger partial charge in [0.25, 0.3) is 0 Å². The molecule has 0 atom stereocenters. The third-order valence-corrected chi connectivity index (χ3v) is 5.13. The van der Waals surface area contributed by atoms with Crippen LogP contribution in [0.5, 0.6) is 0 Å². The number of hydrogen-bond acceptors (Lipinski definition) is 3. The number of hydrogen-bond donors (Lipinski definition) is 1. The molecule has 1 aliphatic heterocycles. The minimum atomic E-state index is -0.144. The summed E-state index contributed by atoms with van der Waals surface area (Å²) in [5.74, 6) is 0.273. The molecule has 5 heteroatoms. The van der Waals surface area contributed by atoms with E-state index in [1.807, 2.05) is 6.92 Å². The van der Waals surface area contributed by atoms with Crippen LogP contribution in [0.2, 0.25) is 0 Å². The molecule has 1 aromatic rings. The highest BCUT2D eigenvalue weighted by atomic mass is 16.5. The van der Waals surface area contributed by atoms with E-state index in [0.717, 1.165) is 44.5 Å². The monoisotopic (exact) mass is 305 g/mol. The summed E-state index contributed by atoms with van der Waals surface area (Å²) in [7, 11) is 0. The van der Waals surface area contributed by atoms with Gasteiger partial charge in [-0.1, -0.05) is 19.3 Å². The van der Waals surface area contributed by atoms with E-state index >= 15 is 0 Å². The Kier molecular flexibility index (Phi) is 4.81. The van der Waals surface area contributed by atoms with E-state index in [9.17, 15) is 4.79 Å². The van der Waals surface area contributed by atoms with Gasteiger partial charge < -0.3 is 14.6 Å². The number of ether oxygens (including phenoxy) is 1. The van der Waals surface area contributed by atoms with Crippen molar-refractivity contribution in [1.82, 2.24) is 14.9 Å². The fourth-order valence-corrected chi connectivity index (χ4v) is 4.09. The van der Waals surface area contributed by atoms with Gasteiger partial charge in [-0.05, 0) is 26.2 Å². The smallest absolute Gasteiger partial charge is 0.223 e. The molecule has 1 saturated carbocycles. The summed E-state index contributed by atoms with van der Waals surface area (Å²) in [6.07, 6.45) is 9.86. The van der Waals surface area contributed by atoms with Crippen molar-refractivity contribution in [2.24, 2.45) is 0 Å². The highest BCUT2D eigenvalue weighted by Crippen LogP contribution is 2.45. The van der Waals surface area contributed by atoms with E-state index in [4.69, 9.17) is 4.74 Å². The van der Waals surface area contributed by atoms with Crippen molar-refractivity contribution < 1.29 is 9.53 Å². The molecule has 1 spiro atoms. The van der Waals surface area contributed by atoms with Crippen LogP contribution < -0.4 is 0 Å². The van der Waals surface area contributed by atoms with Gasteiger partial charge in [0, 0.05) is 38.3 Å². The van der Waals surface area contributed by atoms with Crippen LogP contribution in [-0.4, -0.2) is 40.5 Å². The lowest BCUT2D eigenvalue weighted by Crippen LogP contribution is -2.54. The molecule has 0 radical (unpaired) electrons. The summed E-state index contributed by atoms with van der Waals surface area (Å²) in [6.45, 7) is 4.21. The van der Waals surface area contributed by atoms with Gasteiger partial charge in [0.1, 0.15) is 0 Å². The van der Waals surface area contributed by atoms with Crippen LogP contribution in [0.3, 0.4) is 0 Å². The van der Waals surface area contributed by atoms with Crippen molar-refractivity contribution in [3.05, 3.63) is 17.7 Å². The number of H-pyrrole nitrogens is 1. The molecule has 1 N–H and O–H groups in total. The Hall–Kier alpha value is -1.36. The van der Waals surface area contributed by atoms with Crippen LogP contribution in [-0.2, 0) is 21.5 Å². The summed E-state index contributed by atoms with van der Waals surface area (Å²) in [5.41, 5.74) is 2.23. The van der Waals surface area contributed by atoms with E-state index in [1.54, 1.807) is 6.33 Å². The Bertz CT molecular complexity index is 506. The van der Waals surface area contributed by atoms with Gasteiger partial charge in [0.15, 0.2) is 0 Å². The molecular formula is C17H27N3O2. The number of imidazole rings is 1. The number of nitrogens with one attached hydrogen (secondary N) is 1. The molecule has 1 aromatic heterocycles. The Morgan fingerprint density at radius 3 is 3.00 bits per heavy atom. The first-order valence-electron chi connectivity index (χ1n) is 8.69. The van der Waals surface area contributed by atoms with Crippen LogP contribution >= 0.6 is 0 Å². The van der Waals surface area contributed by atoms with Crippen molar-refractivity contribution in [3.63, 3.8) is 0 Å². The molecule has 0 bridgehead atoms. The molecule has 0 saturated heterocycles. The molecule has 0 aromatic carbocycles. The number of aromatic nitrogens is 2. The predicted octanol–water partition coefficient (Wildman–Crippen LogP) is 2.77. The molecule has 1 fully saturated rings. The van der Waals surface area contributed by atoms with Gasteiger partial charge in [-0.3, -0.25) is 4.79 Å². The molecule has 1 amide bonds. The van der Waals surface area contributed by atoms with E-state index in [-0.39, 0.29) is 11.4 Å². The van der Waals surface area contributed by atoms with Gasteiger partial charge in [-0.2, -0.15) is 0 Å². The van der Waals surface area contributed by atoms with E-state index in [1.165, 1.54) is 25.0 Å². The van der Waals surface area contributed by atoms with Crippen LogP contribution in [0.15, 0.2) is 6.33 Å². The molecule has 2 aliphatic rings. The fourth-order valence-electron chi connectivity index (χ4n) is 4.09. The normalized spacial score (nSPS) is 20.1.